The normalized spacial score (nSPS) is 20.4. The van der Waals surface area contributed by atoms with E-state index in [-0.39, 0.29) is 12.0 Å². The molecule has 2 N–H and O–H groups in total. The molecule has 1 heterocycles. The van der Waals surface area contributed by atoms with Crippen molar-refractivity contribution in [1.29, 1.82) is 5.26 Å². The lowest BCUT2D eigenvalue weighted by Gasteiger charge is -2.10. The number of hydrogen-bond acceptors (Lipinski definition) is 3. The Labute approximate surface area is 82.4 Å². The zero-order chi connectivity index (χ0) is 9.97. The highest BCUT2D eigenvalue weighted by Crippen LogP contribution is 2.33. The maximum atomic E-state index is 8.73. The third kappa shape index (κ3) is 1.42. The summed E-state index contributed by atoms with van der Waals surface area (Å²) < 4.78 is 5.39. The summed E-state index contributed by atoms with van der Waals surface area (Å²) in [6.45, 7) is 0. The Hall–Kier alpha value is -1.95. The Morgan fingerprint density at radius 3 is 2.64 bits per heavy atom. The minimum absolute atomic E-state index is 0.0918. The SMILES string of the molecule is N#CC1=C(N)OC(c2ccccc2)C1. The lowest BCUT2D eigenvalue weighted by Crippen LogP contribution is -2.01. The van der Waals surface area contributed by atoms with Gasteiger partial charge in [-0.2, -0.15) is 5.26 Å². The lowest BCUT2D eigenvalue weighted by molar-refractivity contribution is 0.143. The second-order valence-electron chi connectivity index (χ2n) is 3.18. The van der Waals surface area contributed by atoms with Gasteiger partial charge in [0.05, 0.1) is 5.57 Å². The van der Waals surface area contributed by atoms with Crippen molar-refractivity contribution < 1.29 is 4.74 Å². The average molecular weight is 186 g/mol. The number of rotatable bonds is 1. The first-order chi connectivity index (χ1) is 6.81. The zero-order valence-electron chi connectivity index (χ0n) is 7.60. The minimum Gasteiger partial charge on any atom is -0.470 e. The van der Waals surface area contributed by atoms with Crippen molar-refractivity contribution in [2.24, 2.45) is 5.73 Å². The van der Waals surface area contributed by atoms with Gasteiger partial charge in [-0.15, -0.1) is 0 Å². The van der Waals surface area contributed by atoms with E-state index in [1.54, 1.807) is 0 Å². The predicted molar refractivity (Wildman–Crippen MR) is 51.7 cm³/mol. The summed E-state index contributed by atoms with van der Waals surface area (Å²) in [5.74, 6) is 0.265. The summed E-state index contributed by atoms with van der Waals surface area (Å²) in [5.41, 5.74) is 7.15. The van der Waals surface area contributed by atoms with Crippen molar-refractivity contribution in [1.82, 2.24) is 0 Å². The average Bonchev–Trinajstić information content (AvgIpc) is 2.61. The van der Waals surface area contributed by atoms with E-state index in [1.165, 1.54) is 0 Å². The van der Waals surface area contributed by atoms with Gasteiger partial charge in [-0.1, -0.05) is 30.3 Å². The topological polar surface area (TPSA) is 59.0 Å². The van der Waals surface area contributed by atoms with Gasteiger partial charge in [-0.3, -0.25) is 0 Å². The van der Waals surface area contributed by atoms with E-state index in [4.69, 9.17) is 15.7 Å². The second-order valence-corrected chi connectivity index (χ2v) is 3.18. The Bertz CT molecular complexity index is 403. The van der Waals surface area contributed by atoms with Crippen LogP contribution >= 0.6 is 0 Å². The minimum atomic E-state index is -0.0918. The van der Waals surface area contributed by atoms with Crippen molar-refractivity contribution in [2.45, 2.75) is 12.5 Å². The molecule has 3 heteroatoms. The molecule has 3 nitrogen and oxygen atoms in total. The van der Waals surface area contributed by atoms with E-state index >= 15 is 0 Å². The summed E-state index contributed by atoms with van der Waals surface area (Å²) in [7, 11) is 0. The van der Waals surface area contributed by atoms with Gasteiger partial charge in [-0.05, 0) is 5.56 Å². The third-order valence-corrected chi connectivity index (χ3v) is 2.26. The van der Waals surface area contributed by atoms with Crippen LogP contribution < -0.4 is 5.73 Å². The molecule has 14 heavy (non-hydrogen) atoms. The molecule has 1 aliphatic rings. The van der Waals surface area contributed by atoms with Gasteiger partial charge >= 0.3 is 0 Å². The van der Waals surface area contributed by atoms with Crippen molar-refractivity contribution in [3.8, 4) is 6.07 Å². The molecule has 0 spiro atoms. The summed E-state index contributed by atoms with van der Waals surface area (Å²) in [5, 5.41) is 8.73. The highest BCUT2D eigenvalue weighted by Gasteiger charge is 2.24. The number of benzene rings is 1. The third-order valence-electron chi connectivity index (χ3n) is 2.26. The standard InChI is InChI=1S/C11H10N2O/c12-7-9-6-10(14-11(9)13)8-4-2-1-3-5-8/h1-5,10H,6,13H2. The summed E-state index contributed by atoms with van der Waals surface area (Å²) in [6, 6.07) is 11.8. The van der Waals surface area contributed by atoms with Crippen LogP contribution in [0.3, 0.4) is 0 Å². The van der Waals surface area contributed by atoms with Crippen molar-refractivity contribution in [3.63, 3.8) is 0 Å². The van der Waals surface area contributed by atoms with Crippen molar-refractivity contribution in [2.75, 3.05) is 0 Å². The number of nitriles is 1. The Morgan fingerprint density at radius 1 is 1.36 bits per heavy atom. The quantitative estimate of drug-likeness (QED) is 0.728. The molecule has 70 valence electrons. The Morgan fingerprint density at radius 2 is 2.07 bits per heavy atom. The molecule has 0 aliphatic carbocycles. The molecule has 2 rings (SSSR count). The summed E-state index contributed by atoms with van der Waals surface area (Å²) >= 11 is 0. The van der Waals surface area contributed by atoms with Crippen molar-refractivity contribution >= 4 is 0 Å². The number of ether oxygens (including phenoxy) is 1. The van der Waals surface area contributed by atoms with E-state index in [1.807, 2.05) is 36.4 Å². The largest absolute Gasteiger partial charge is 0.470 e. The number of nitrogens with zero attached hydrogens (tertiary/aromatic N) is 1. The highest BCUT2D eigenvalue weighted by molar-refractivity contribution is 5.31. The van der Waals surface area contributed by atoms with Gasteiger partial charge in [0.1, 0.15) is 12.2 Å². The molecule has 0 saturated carbocycles. The second kappa shape index (κ2) is 3.43. The van der Waals surface area contributed by atoms with Crippen LogP contribution in [0.25, 0.3) is 0 Å². The fraction of sp³-hybridized carbons (Fsp3) is 0.182. The van der Waals surface area contributed by atoms with Gasteiger partial charge < -0.3 is 10.5 Å². The van der Waals surface area contributed by atoms with E-state index < -0.39 is 0 Å². The van der Waals surface area contributed by atoms with Crippen LogP contribution in [0.15, 0.2) is 41.8 Å². The van der Waals surface area contributed by atoms with E-state index in [9.17, 15) is 0 Å². The molecule has 0 bridgehead atoms. The van der Waals surface area contributed by atoms with Gasteiger partial charge in [-0.25, -0.2) is 0 Å². The maximum absolute atomic E-state index is 8.73. The van der Waals surface area contributed by atoms with E-state index in [0.29, 0.717) is 12.0 Å². The molecule has 0 saturated heterocycles. The van der Waals surface area contributed by atoms with Gasteiger partial charge in [0, 0.05) is 6.42 Å². The highest BCUT2D eigenvalue weighted by atomic mass is 16.5. The van der Waals surface area contributed by atoms with Crippen LogP contribution in [0, 0.1) is 11.3 Å². The van der Waals surface area contributed by atoms with E-state index in [2.05, 4.69) is 0 Å². The first-order valence-electron chi connectivity index (χ1n) is 4.41. The summed E-state index contributed by atoms with van der Waals surface area (Å²) in [6.07, 6.45) is 0.484. The molecule has 1 atom stereocenters. The smallest absolute Gasteiger partial charge is 0.198 e. The molecule has 1 aromatic carbocycles. The fourth-order valence-corrected chi connectivity index (χ4v) is 1.51. The van der Waals surface area contributed by atoms with Gasteiger partial charge in [0.15, 0.2) is 5.88 Å². The summed E-state index contributed by atoms with van der Waals surface area (Å²) in [4.78, 5) is 0. The number of nitrogens with two attached hydrogens (primary N) is 1. The van der Waals surface area contributed by atoms with E-state index in [0.717, 1.165) is 5.56 Å². The molecule has 1 unspecified atom stereocenters. The lowest BCUT2D eigenvalue weighted by atomic mass is 10.0. The fourth-order valence-electron chi connectivity index (χ4n) is 1.51. The molecular weight excluding hydrogens is 176 g/mol. The maximum Gasteiger partial charge on any atom is 0.198 e. The Balaban J connectivity index is 2.18. The predicted octanol–water partition coefficient (Wildman–Crippen LogP) is 1.84. The molecular formula is C11H10N2O. The first-order valence-corrected chi connectivity index (χ1v) is 4.41. The van der Waals surface area contributed by atoms with Crippen LogP contribution in [-0.2, 0) is 4.74 Å². The molecule has 1 aromatic rings. The van der Waals surface area contributed by atoms with Crippen molar-refractivity contribution in [3.05, 3.63) is 47.4 Å². The van der Waals surface area contributed by atoms with Crippen LogP contribution in [-0.4, -0.2) is 0 Å². The molecule has 0 radical (unpaired) electrons. The monoisotopic (exact) mass is 186 g/mol. The molecule has 0 fully saturated rings. The Kier molecular flexibility index (Phi) is 2.11. The molecule has 0 aromatic heterocycles. The molecule has 1 aliphatic heterocycles. The van der Waals surface area contributed by atoms with Gasteiger partial charge in [0.2, 0.25) is 0 Å². The van der Waals surface area contributed by atoms with Crippen LogP contribution in [0.1, 0.15) is 18.1 Å². The van der Waals surface area contributed by atoms with Gasteiger partial charge in [0.25, 0.3) is 0 Å². The first kappa shape index (κ1) is 8.64. The number of hydrogen-bond donors (Lipinski definition) is 1. The van der Waals surface area contributed by atoms with Crippen LogP contribution in [0.5, 0.6) is 0 Å². The zero-order valence-corrected chi connectivity index (χ0v) is 7.60. The van der Waals surface area contributed by atoms with Crippen LogP contribution in [0.4, 0.5) is 0 Å². The molecule has 0 amide bonds. The van der Waals surface area contributed by atoms with Crippen LogP contribution in [0.2, 0.25) is 0 Å².